The number of rotatable bonds is 4. The van der Waals surface area contributed by atoms with Gasteiger partial charge in [0.1, 0.15) is 5.60 Å². The first-order valence-electron chi connectivity index (χ1n) is 6.66. The van der Waals surface area contributed by atoms with E-state index in [1.165, 1.54) is 0 Å². The van der Waals surface area contributed by atoms with Gasteiger partial charge in [0.05, 0.1) is 0 Å². The summed E-state index contributed by atoms with van der Waals surface area (Å²) >= 11 is 0. The molecule has 1 aliphatic rings. The van der Waals surface area contributed by atoms with Crippen LogP contribution in [0.1, 0.15) is 57.2 Å². The molecule has 1 aliphatic carbocycles. The van der Waals surface area contributed by atoms with Crippen molar-refractivity contribution in [1.82, 2.24) is 10.1 Å². The van der Waals surface area contributed by atoms with Crippen LogP contribution in [-0.2, 0) is 10.3 Å². The van der Waals surface area contributed by atoms with E-state index < -0.39 is 5.60 Å². The van der Waals surface area contributed by atoms with Crippen LogP contribution >= 0.6 is 0 Å². The minimum atomic E-state index is -0.490. The zero-order chi connectivity index (χ0) is 13.2. The van der Waals surface area contributed by atoms with Crippen LogP contribution < -0.4 is 5.73 Å². The predicted octanol–water partition coefficient (Wildman–Crippen LogP) is 2.18. The molecule has 0 unspecified atom stereocenters. The number of nitrogens with two attached hydrogens (primary N) is 1. The number of ether oxygens (including phenoxy) is 1. The maximum absolute atomic E-state index is 5.70. The third kappa shape index (κ3) is 2.72. The molecule has 1 aromatic heterocycles. The van der Waals surface area contributed by atoms with Crippen molar-refractivity contribution in [2.24, 2.45) is 11.7 Å². The summed E-state index contributed by atoms with van der Waals surface area (Å²) in [5.41, 5.74) is 5.21. The van der Waals surface area contributed by atoms with Gasteiger partial charge in [-0.25, -0.2) is 0 Å². The van der Waals surface area contributed by atoms with Crippen LogP contribution in [0.4, 0.5) is 0 Å². The van der Waals surface area contributed by atoms with Crippen molar-refractivity contribution in [1.29, 1.82) is 0 Å². The average molecular weight is 253 g/mol. The van der Waals surface area contributed by atoms with Crippen molar-refractivity contribution in [3.63, 3.8) is 0 Å². The van der Waals surface area contributed by atoms with Crippen LogP contribution in [0.3, 0.4) is 0 Å². The molecular formula is C13H23N3O2. The SMILES string of the molecule is COC(C)(C)c1noc(C2CCC(CN)CC2)n1. The third-order valence-corrected chi connectivity index (χ3v) is 4.02. The van der Waals surface area contributed by atoms with Gasteiger partial charge in [-0.3, -0.25) is 0 Å². The highest BCUT2D eigenvalue weighted by molar-refractivity contribution is 5.01. The molecule has 0 saturated heterocycles. The molecule has 5 heteroatoms. The normalized spacial score (nSPS) is 25.3. The molecule has 0 aliphatic heterocycles. The molecule has 1 heterocycles. The molecule has 2 N–H and O–H groups in total. The number of methoxy groups -OCH3 is 1. The van der Waals surface area contributed by atoms with Gasteiger partial charge in [0.2, 0.25) is 11.7 Å². The second-order valence-corrected chi connectivity index (χ2v) is 5.62. The Kier molecular flexibility index (Phi) is 4.02. The Morgan fingerprint density at radius 2 is 2.00 bits per heavy atom. The molecule has 1 fully saturated rings. The highest BCUT2D eigenvalue weighted by atomic mass is 16.5. The Balaban J connectivity index is 2.03. The van der Waals surface area contributed by atoms with E-state index in [0.717, 1.165) is 38.1 Å². The Hall–Kier alpha value is -0.940. The Morgan fingerprint density at radius 1 is 1.33 bits per heavy atom. The maximum atomic E-state index is 5.70. The largest absolute Gasteiger partial charge is 0.371 e. The molecule has 1 saturated carbocycles. The third-order valence-electron chi connectivity index (χ3n) is 4.02. The van der Waals surface area contributed by atoms with Gasteiger partial charge in [-0.15, -0.1) is 0 Å². The monoisotopic (exact) mass is 253 g/mol. The Morgan fingerprint density at radius 3 is 2.56 bits per heavy atom. The summed E-state index contributed by atoms with van der Waals surface area (Å²) in [6.07, 6.45) is 4.51. The van der Waals surface area contributed by atoms with Gasteiger partial charge in [0.15, 0.2) is 0 Å². The second-order valence-electron chi connectivity index (χ2n) is 5.62. The molecule has 0 amide bonds. The molecular weight excluding hydrogens is 230 g/mol. The highest BCUT2D eigenvalue weighted by Gasteiger charge is 2.30. The van der Waals surface area contributed by atoms with Gasteiger partial charge in [-0.1, -0.05) is 5.16 Å². The van der Waals surface area contributed by atoms with Gasteiger partial charge in [-0.2, -0.15) is 4.98 Å². The minimum absolute atomic E-state index is 0.390. The van der Waals surface area contributed by atoms with Gasteiger partial charge in [0, 0.05) is 13.0 Å². The number of nitrogens with zero attached hydrogens (tertiary/aromatic N) is 2. The van der Waals surface area contributed by atoms with Crippen LogP contribution in [0, 0.1) is 5.92 Å². The van der Waals surface area contributed by atoms with E-state index in [4.69, 9.17) is 15.0 Å². The van der Waals surface area contributed by atoms with Crippen molar-refractivity contribution in [3.8, 4) is 0 Å². The fourth-order valence-corrected chi connectivity index (χ4v) is 2.38. The van der Waals surface area contributed by atoms with E-state index in [1.54, 1.807) is 7.11 Å². The van der Waals surface area contributed by atoms with Crippen molar-refractivity contribution >= 4 is 0 Å². The first-order valence-corrected chi connectivity index (χ1v) is 6.66. The summed E-state index contributed by atoms with van der Waals surface area (Å²) in [6.45, 7) is 4.67. The van der Waals surface area contributed by atoms with Gasteiger partial charge in [0.25, 0.3) is 0 Å². The summed E-state index contributed by atoms with van der Waals surface area (Å²) in [5.74, 6) is 2.44. The first-order chi connectivity index (χ1) is 8.56. The lowest BCUT2D eigenvalue weighted by molar-refractivity contribution is 0.00973. The van der Waals surface area contributed by atoms with E-state index in [2.05, 4.69) is 10.1 Å². The Bertz CT molecular complexity index is 381. The van der Waals surface area contributed by atoms with Crippen LogP contribution in [0.2, 0.25) is 0 Å². The molecule has 1 aromatic rings. The molecule has 0 spiro atoms. The highest BCUT2D eigenvalue weighted by Crippen LogP contribution is 2.35. The van der Waals surface area contributed by atoms with Crippen molar-refractivity contribution in [3.05, 3.63) is 11.7 Å². The van der Waals surface area contributed by atoms with E-state index in [0.29, 0.717) is 17.7 Å². The zero-order valence-electron chi connectivity index (χ0n) is 11.5. The summed E-state index contributed by atoms with van der Waals surface area (Å²) in [6, 6.07) is 0. The van der Waals surface area contributed by atoms with Crippen LogP contribution in [0.5, 0.6) is 0 Å². The summed E-state index contributed by atoms with van der Waals surface area (Å²) < 4.78 is 10.7. The fraction of sp³-hybridized carbons (Fsp3) is 0.846. The Labute approximate surface area is 108 Å². The molecule has 5 nitrogen and oxygen atoms in total. The number of hydrogen-bond donors (Lipinski definition) is 1. The van der Waals surface area contributed by atoms with E-state index in [-0.39, 0.29) is 0 Å². The molecule has 0 aromatic carbocycles. The van der Waals surface area contributed by atoms with Gasteiger partial charge in [-0.05, 0) is 52.0 Å². The van der Waals surface area contributed by atoms with Crippen LogP contribution in [-0.4, -0.2) is 23.8 Å². The summed E-state index contributed by atoms with van der Waals surface area (Å²) in [7, 11) is 1.66. The van der Waals surface area contributed by atoms with E-state index >= 15 is 0 Å². The van der Waals surface area contributed by atoms with Crippen LogP contribution in [0.15, 0.2) is 4.52 Å². The van der Waals surface area contributed by atoms with Gasteiger partial charge >= 0.3 is 0 Å². The standard InChI is InChI=1S/C13H23N3O2/c1-13(2,17-3)12-15-11(18-16-12)10-6-4-9(8-14)5-7-10/h9-10H,4-8,14H2,1-3H3. The molecule has 102 valence electrons. The van der Waals surface area contributed by atoms with E-state index in [9.17, 15) is 0 Å². The van der Waals surface area contributed by atoms with E-state index in [1.807, 2.05) is 13.8 Å². The van der Waals surface area contributed by atoms with Crippen molar-refractivity contribution in [2.75, 3.05) is 13.7 Å². The summed E-state index contributed by atoms with van der Waals surface area (Å²) in [5, 5.41) is 4.04. The zero-order valence-corrected chi connectivity index (χ0v) is 11.5. The average Bonchev–Trinajstić information content (AvgIpc) is 2.89. The van der Waals surface area contributed by atoms with Crippen LogP contribution in [0.25, 0.3) is 0 Å². The lowest BCUT2D eigenvalue weighted by Crippen LogP contribution is -2.22. The number of aromatic nitrogens is 2. The minimum Gasteiger partial charge on any atom is -0.371 e. The second kappa shape index (κ2) is 5.36. The lowest BCUT2D eigenvalue weighted by Gasteiger charge is -2.25. The predicted molar refractivity (Wildman–Crippen MR) is 68.1 cm³/mol. The summed E-state index contributed by atoms with van der Waals surface area (Å²) in [4.78, 5) is 4.49. The molecule has 2 rings (SSSR count). The van der Waals surface area contributed by atoms with Gasteiger partial charge < -0.3 is 15.0 Å². The van der Waals surface area contributed by atoms with Crippen molar-refractivity contribution < 1.29 is 9.26 Å². The quantitative estimate of drug-likeness (QED) is 0.890. The maximum Gasteiger partial charge on any atom is 0.229 e. The number of hydrogen-bond acceptors (Lipinski definition) is 5. The smallest absolute Gasteiger partial charge is 0.229 e. The molecule has 0 radical (unpaired) electrons. The lowest BCUT2D eigenvalue weighted by atomic mass is 9.82. The topological polar surface area (TPSA) is 74.2 Å². The molecule has 0 atom stereocenters. The fourth-order valence-electron chi connectivity index (χ4n) is 2.38. The molecule has 0 bridgehead atoms. The molecule has 18 heavy (non-hydrogen) atoms. The first kappa shape index (κ1) is 13.5. The van der Waals surface area contributed by atoms with Crippen molar-refractivity contribution in [2.45, 2.75) is 51.0 Å².